The van der Waals surface area contributed by atoms with E-state index < -0.39 is 0 Å². The second kappa shape index (κ2) is 4.87. The number of rotatable bonds is 2. The summed E-state index contributed by atoms with van der Waals surface area (Å²) in [7, 11) is 0. The molecule has 15 heavy (non-hydrogen) atoms. The summed E-state index contributed by atoms with van der Waals surface area (Å²) in [6.07, 6.45) is 11.0. The quantitative estimate of drug-likeness (QED) is 0.688. The third kappa shape index (κ3) is 2.52. The third-order valence-corrected chi connectivity index (χ3v) is 2.78. The Morgan fingerprint density at radius 3 is 2.73 bits per heavy atom. The van der Waals surface area contributed by atoms with E-state index in [0.717, 1.165) is 30.4 Å². The van der Waals surface area contributed by atoms with Crippen LogP contribution in [0.4, 0.5) is 0 Å². The van der Waals surface area contributed by atoms with Gasteiger partial charge in [0.25, 0.3) is 0 Å². The molecule has 2 rings (SSSR count). The van der Waals surface area contributed by atoms with E-state index in [4.69, 9.17) is 0 Å². The second-order valence-electron chi connectivity index (χ2n) is 3.89. The van der Waals surface area contributed by atoms with E-state index in [-0.39, 0.29) is 5.78 Å². The predicted molar refractivity (Wildman–Crippen MR) is 59.7 cm³/mol. The molecular weight excluding hydrogens is 186 g/mol. The molecule has 0 amide bonds. The van der Waals surface area contributed by atoms with Crippen LogP contribution in [0, 0.1) is 0 Å². The minimum Gasteiger partial charge on any atom is -0.289 e. The first-order valence-corrected chi connectivity index (χ1v) is 5.52. The van der Waals surface area contributed by atoms with Crippen LogP contribution in [0.25, 0.3) is 0 Å². The molecule has 1 aromatic rings. The minimum atomic E-state index is 0.180. The summed E-state index contributed by atoms with van der Waals surface area (Å²) in [5.41, 5.74) is 1.75. The lowest BCUT2D eigenvalue weighted by molar-refractivity contribution is 0.103. The van der Waals surface area contributed by atoms with Gasteiger partial charge in [-0.05, 0) is 43.4 Å². The molecule has 1 aliphatic carbocycles. The first-order valence-electron chi connectivity index (χ1n) is 5.52. The largest absolute Gasteiger partial charge is 0.289 e. The molecule has 0 N–H and O–H groups in total. The summed E-state index contributed by atoms with van der Waals surface area (Å²) in [4.78, 5) is 16.0. The summed E-state index contributed by atoms with van der Waals surface area (Å²) >= 11 is 0. The third-order valence-electron chi connectivity index (χ3n) is 2.78. The molecule has 0 unspecified atom stereocenters. The number of hydrogen-bond acceptors (Lipinski definition) is 2. The highest BCUT2D eigenvalue weighted by Gasteiger charge is 2.12. The molecule has 0 aliphatic heterocycles. The van der Waals surface area contributed by atoms with Gasteiger partial charge in [-0.2, -0.15) is 0 Å². The number of hydrogen-bond donors (Lipinski definition) is 0. The van der Waals surface area contributed by atoms with Crippen molar-refractivity contribution in [3.63, 3.8) is 0 Å². The Hall–Kier alpha value is -1.44. The van der Waals surface area contributed by atoms with E-state index in [9.17, 15) is 4.79 Å². The predicted octanol–water partition coefficient (Wildman–Crippen LogP) is 3.15. The zero-order valence-electron chi connectivity index (χ0n) is 8.78. The molecular formula is C13H15NO. The van der Waals surface area contributed by atoms with Gasteiger partial charge in [0.2, 0.25) is 0 Å². The normalized spacial score (nSPS) is 16.7. The summed E-state index contributed by atoms with van der Waals surface area (Å²) in [5, 5.41) is 0. The van der Waals surface area contributed by atoms with Crippen molar-refractivity contribution in [3.05, 3.63) is 41.7 Å². The molecule has 0 saturated carbocycles. The maximum atomic E-state index is 12.1. The summed E-state index contributed by atoms with van der Waals surface area (Å²) < 4.78 is 0. The van der Waals surface area contributed by atoms with Gasteiger partial charge >= 0.3 is 0 Å². The highest BCUT2D eigenvalue weighted by atomic mass is 16.1. The van der Waals surface area contributed by atoms with E-state index in [2.05, 4.69) is 11.1 Å². The van der Waals surface area contributed by atoms with Gasteiger partial charge in [-0.25, -0.2) is 0 Å². The van der Waals surface area contributed by atoms with Crippen molar-refractivity contribution in [1.29, 1.82) is 0 Å². The zero-order chi connectivity index (χ0) is 10.5. The standard InChI is InChI=1S/C13H15NO/c15-13(12-7-9-14-10-8-12)11-5-3-1-2-4-6-11/h5,7-10H,1-4,6H2. The second-order valence-corrected chi connectivity index (χ2v) is 3.89. The van der Waals surface area contributed by atoms with Crippen molar-refractivity contribution >= 4 is 5.78 Å². The Kier molecular flexibility index (Phi) is 3.28. The average molecular weight is 201 g/mol. The lowest BCUT2D eigenvalue weighted by Crippen LogP contribution is -2.03. The van der Waals surface area contributed by atoms with Gasteiger partial charge in [-0.3, -0.25) is 9.78 Å². The number of nitrogens with zero attached hydrogens (tertiary/aromatic N) is 1. The van der Waals surface area contributed by atoms with Crippen LogP contribution in [0.3, 0.4) is 0 Å². The fourth-order valence-electron chi connectivity index (χ4n) is 1.91. The number of pyridine rings is 1. The van der Waals surface area contributed by atoms with Crippen LogP contribution in [0.1, 0.15) is 42.5 Å². The molecule has 0 radical (unpaired) electrons. The maximum Gasteiger partial charge on any atom is 0.188 e. The molecule has 0 fully saturated rings. The number of ketones is 1. The molecule has 2 heteroatoms. The Balaban J connectivity index is 2.17. The van der Waals surface area contributed by atoms with Crippen LogP contribution in [-0.4, -0.2) is 10.8 Å². The van der Waals surface area contributed by atoms with Gasteiger partial charge in [0.05, 0.1) is 0 Å². The van der Waals surface area contributed by atoms with E-state index in [1.165, 1.54) is 12.8 Å². The SMILES string of the molecule is O=C(C1=CCCCCC1)c1ccncc1. The molecule has 1 aromatic heterocycles. The van der Waals surface area contributed by atoms with Crippen molar-refractivity contribution in [2.75, 3.05) is 0 Å². The molecule has 78 valence electrons. The van der Waals surface area contributed by atoms with E-state index in [1.54, 1.807) is 24.5 Å². The summed E-state index contributed by atoms with van der Waals surface area (Å²) in [5.74, 6) is 0.180. The first-order chi connectivity index (χ1) is 7.38. The van der Waals surface area contributed by atoms with Crippen molar-refractivity contribution in [2.24, 2.45) is 0 Å². The highest BCUT2D eigenvalue weighted by Crippen LogP contribution is 2.20. The Morgan fingerprint density at radius 2 is 1.93 bits per heavy atom. The average Bonchev–Trinajstić information content (AvgIpc) is 2.58. The Bertz CT molecular complexity index is 367. The van der Waals surface area contributed by atoms with Gasteiger partial charge in [-0.1, -0.05) is 12.5 Å². The van der Waals surface area contributed by atoms with Crippen LogP contribution in [0.5, 0.6) is 0 Å². The topological polar surface area (TPSA) is 30.0 Å². The minimum absolute atomic E-state index is 0.180. The smallest absolute Gasteiger partial charge is 0.188 e. The molecule has 0 spiro atoms. The lowest BCUT2D eigenvalue weighted by Gasteiger charge is -2.03. The Morgan fingerprint density at radius 1 is 1.13 bits per heavy atom. The van der Waals surface area contributed by atoms with Crippen LogP contribution in [-0.2, 0) is 0 Å². The maximum absolute atomic E-state index is 12.1. The van der Waals surface area contributed by atoms with Crippen molar-refractivity contribution < 1.29 is 4.79 Å². The van der Waals surface area contributed by atoms with E-state index in [0.29, 0.717) is 0 Å². The van der Waals surface area contributed by atoms with E-state index in [1.807, 2.05) is 0 Å². The van der Waals surface area contributed by atoms with Crippen molar-refractivity contribution in [3.8, 4) is 0 Å². The van der Waals surface area contributed by atoms with Crippen LogP contribution in [0.15, 0.2) is 36.2 Å². The molecule has 2 nitrogen and oxygen atoms in total. The Labute approximate surface area is 90.0 Å². The van der Waals surface area contributed by atoms with Crippen LogP contribution < -0.4 is 0 Å². The van der Waals surface area contributed by atoms with E-state index >= 15 is 0 Å². The monoisotopic (exact) mass is 201 g/mol. The van der Waals surface area contributed by atoms with Crippen molar-refractivity contribution in [1.82, 2.24) is 4.98 Å². The molecule has 0 bridgehead atoms. The van der Waals surface area contributed by atoms with Crippen molar-refractivity contribution in [2.45, 2.75) is 32.1 Å². The molecule has 0 atom stereocenters. The fourth-order valence-corrected chi connectivity index (χ4v) is 1.91. The lowest BCUT2D eigenvalue weighted by atomic mass is 10.0. The number of allylic oxidation sites excluding steroid dienone is 2. The fraction of sp³-hybridized carbons (Fsp3) is 0.385. The van der Waals surface area contributed by atoms with Gasteiger partial charge in [-0.15, -0.1) is 0 Å². The number of Topliss-reactive ketones (excluding diaryl/α,β-unsaturated/α-hetero) is 1. The van der Waals surface area contributed by atoms with Gasteiger partial charge in [0, 0.05) is 18.0 Å². The number of aromatic nitrogens is 1. The van der Waals surface area contributed by atoms with Crippen LogP contribution >= 0.6 is 0 Å². The number of carbonyl (C=O) groups excluding carboxylic acids is 1. The van der Waals surface area contributed by atoms with Gasteiger partial charge < -0.3 is 0 Å². The molecule has 1 aliphatic rings. The molecule has 0 aromatic carbocycles. The van der Waals surface area contributed by atoms with Gasteiger partial charge in [0.15, 0.2) is 5.78 Å². The summed E-state index contributed by atoms with van der Waals surface area (Å²) in [6.45, 7) is 0. The molecule has 0 saturated heterocycles. The van der Waals surface area contributed by atoms with Crippen LogP contribution in [0.2, 0.25) is 0 Å². The summed E-state index contributed by atoms with van der Waals surface area (Å²) in [6, 6.07) is 3.57. The van der Waals surface area contributed by atoms with Gasteiger partial charge in [0.1, 0.15) is 0 Å². The highest BCUT2D eigenvalue weighted by molar-refractivity contribution is 6.08. The first kappa shape index (κ1) is 10.1. The zero-order valence-corrected chi connectivity index (χ0v) is 8.78. The molecule has 1 heterocycles. The number of carbonyl (C=O) groups is 1.